The lowest BCUT2D eigenvalue weighted by molar-refractivity contribution is -0.120. The third-order valence-electron chi connectivity index (χ3n) is 4.57. The van der Waals surface area contributed by atoms with E-state index in [2.05, 4.69) is 21.6 Å². The molecule has 1 saturated carbocycles. The summed E-state index contributed by atoms with van der Waals surface area (Å²) in [6, 6.07) is 16.0. The van der Waals surface area contributed by atoms with Crippen molar-refractivity contribution >= 4 is 29.3 Å². The summed E-state index contributed by atoms with van der Waals surface area (Å²) in [5, 5.41) is 13.0. The number of hydrogen-bond donors (Lipinski definition) is 1. The van der Waals surface area contributed by atoms with E-state index in [-0.39, 0.29) is 11.2 Å². The van der Waals surface area contributed by atoms with Crippen LogP contribution in [0.4, 0.5) is 0 Å². The summed E-state index contributed by atoms with van der Waals surface area (Å²) in [6.45, 7) is 3.95. The average molecular weight is 413 g/mol. The van der Waals surface area contributed by atoms with Gasteiger partial charge in [0.1, 0.15) is 0 Å². The van der Waals surface area contributed by atoms with Gasteiger partial charge in [0, 0.05) is 22.3 Å². The van der Waals surface area contributed by atoms with Gasteiger partial charge in [-0.25, -0.2) is 0 Å². The van der Waals surface area contributed by atoms with Crippen LogP contribution >= 0.6 is 23.4 Å². The van der Waals surface area contributed by atoms with Gasteiger partial charge in [0.15, 0.2) is 11.0 Å². The van der Waals surface area contributed by atoms with Gasteiger partial charge in [-0.3, -0.25) is 9.36 Å². The Morgan fingerprint density at radius 2 is 1.96 bits per heavy atom. The molecule has 1 N–H and O–H groups in total. The minimum Gasteiger partial charge on any atom is -0.352 e. The first-order valence-electron chi connectivity index (χ1n) is 9.26. The molecule has 28 heavy (non-hydrogen) atoms. The zero-order chi connectivity index (χ0) is 19.7. The molecule has 1 amide bonds. The van der Waals surface area contributed by atoms with Gasteiger partial charge in [-0.15, -0.1) is 10.2 Å². The molecule has 0 aliphatic heterocycles. The maximum atomic E-state index is 12.4. The van der Waals surface area contributed by atoms with Gasteiger partial charge in [-0.2, -0.15) is 0 Å². The number of rotatable bonds is 6. The van der Waals surface area contributed by atoms with E-state index in [1.807, 2.05) is 60.9 Å². The number of aromatic nitrogens is 3. The van der Waals surface area contributed by atoms with Crippen molar-refractivity contribution in [2.24, 2.45) is 0 Å². The van der Waals surface area contributed by atoms with Crippen LogP contribution in [0, 0.1) is 6.92 Å². The van der Waals surface area contributed by atoms with E-state index in [1.165, 1.54) is 11.8 Å². The van der Waals surface area contributed by atoms with Gasteiger partial charge in [0.05, 0.1) is 5.25 Å². The van der Waals surface area contributed by atoms with Crippen LogP contribution in [-0.2, 0) is 4.79 Å². The van der Waals surface area contributed by atoms with Crippen LogP contribution in [0.2, 0.25) is 5.02 Å². The highest BCUT2D eigenvalue weighted by Crippen LogP contribution is 2.31. The predicted octanol–water partition coefficient (Wildman–Crippen LogP) is 4.66. The van der Waals surface area contributed by atoms with Crippen LogP contribution < -0.4 is 5.32 Å². The van der Waals surface area contributed by atoms with E-state index in [0.29, 0.717) is 16.2 Å². The zero-order valence-electron chi connectivity index (χ0n) is 15.7. The fourth-order valence-corrected chi connectivity index (χ4v) is 3.89. The molecule has 4 rings (SSSR count). The molecule has 7 heteroatoms. The van der Waals surface area contributed by atoms with Crippen molar-refractivity contribution < 1.29 is 4.79 Å². The molecule has 0 saturated heterocycles. The maximum Gasteiger partial charge on any atom is 0.233 e. The molecular weight excluding hydrogens is 392 g/mol. The van der Waals surface area contributed by atoms with E-state index < -0.39 is 0 Å². The lowest BCUT2D eigenvalue weighted by atomic mass is 10.2. The average Bonchev–Trinajstić information content (AvgIpc) is 3.39. The second-order valence-electron chi connectivity index (χ2n) is 7.03. The highest BCUT2D eigenvalue weighted by Gasteiger charge is 2.27. The van der Waals surface area contributed by atoms with Crippen LogP contribution in [-0.4, -0.2) is 32.0 Å². The summed E-state index contributed by atoms with van der Waals surface area (Å²) in [5.41, 5.74) is 3.02. The molecule has 0 bridgehead atoms. The predicted molar refractivity (Wildman–Crippen MR) is 113 cm³/mol. The third-order valence-corrected chi connectivity index (χ3v) is 5.87. The van der Waals surface area contributed by atoms with Crippen molar-refractivity contribution in [3.8, 4) is 17.1 Å². The number of hydrogen-bond acceptors (Lipinski definition) is 4. The van der Waals surface area contributed by atoms with Gasteiger partial charge in [0.25, 0.3) is 0 Å². The van der Waals surface area contributed by atoms with Crippen molar-refractivity contribution in [1.82, 2.24) is 20.1 Å². The normalized spacial score (nSPS) is 14.7. The van der Waals surface area contributed by atoms with Crippen LogP contribution in [0.1, 0.15) is 25.3 Å². The van der Waals surface area contributed by atoms with Gasteiger partial charge in [-0.05, 0) is 68.7 Å². The topological polar surface area (TPSA) is 59.8 Å². The molecule has 1 aromatic heterocycles. The summed E-state index contributed by atoms with van der Waals surface area (Å²) >= 11 is 7.46. The van der Waals surface area contributed by atoms with Crippen molar-refractivity contribution in [2.75, 3.05) is 0 Å². The Morgan fingerprint density at radius 3 is 2.64 bits per heavy atom. The number of nitrogens with one attached hydrogen (secondary N) is 1. The maximum absolute atomic E-state index is 12.4. The van der Waals surface area contributed by atoms with Gasteiger partial charge >= 0.3 is 0 Å². The Morgan fingerprint density at radius 1 is 1.21 bits per heavy atom. The quantitative estimate of drug-likeness (QED) is 0.598. The first-order valence-corrected chi connectivity index (χ1v) is 10.5. The summed E-state index contributed by atoms with van der Waals surface area (Å²) in [4.78, 5) is 12.4. The molecule has 144 valence electrons. The number of thioether (sulfide) groups is 1. The highest BCUT2D eigenvalue weighted by molar-refractivity contribution is 8.00. The van der Waals surface area contributed by atoms with Gasteiger partial charge < -0.3 is 5.32 Å². The Kier molecular flexibility index (Phi) is 5.42. The fraction of sp³-hybridized carbons (Fsp3) is 0.286. The lowest BCUT2D eigenvalue weighted by Gasteiger charge is -2.14. The van der Waals surface area contributed by atoms with Gasteiger partial charge in [-0.1, -0.05) is 35.5 Å². The third kappa shape index (κ3) is 4.23. The summed E-state index contributed by atoms with van der Waals surface area (Å²) in [7, 11) is 0. The molecule has 1 aliphatic carbocycles. The number of halogens is 1. The van der Waals surface area contributed by atoms with E-state index in [0.717, 1.165) is 35.5 Å². The monoisotopic (exact) mass is 412 g/mol. The molecule has 1 aliphatic rings. The fourth-order valence-electron chi connectivity index (χ4n) is 2.89. The molecule has 1 atom stereocenters. The zero-order valence-corrected chi connectivity index (χ0v) is 17.3. The Balaban J connectivity index is 1.71. The number of carbonyl (C=O) groups is 1. The van der Waals surface area contributed by atoms with E-state index in [1.54, 1.807) is 0 Å². The van der Waals surface area contributed by atoms with E-state index in [4.69, 9.17) is 11.6 Å². The number of carbonyl (C=O) groups excluding carboxylic acids is 1. The van der Waals surface area contributed by atoms with E-state index >= 15 is 0 Å². The number of nitrogens with zero attached hydrogens (tertiary/aromatic N) is 3. The van der Waals surface area contributed by atoms with Crippen LogP contribution in [0.15, 0.2) is 53.7 Å². The SMILES string of the molecule is Cc1cccc(-n2c(S[C@@H](C)C(=O)NC3CC3)nnc2-c2ccc(Cl)cc2)c1. The molecule has 5 nitrogen and oxygen atoms in total. The molecule has 0 radical (unpaired) electrons. The number of aryl methyl sites for hydroxylation is 1. The standard InChI is InChI=1S/C21H21ClN4OS/c1-13-4-3-5-18(12-13)26-19(15-6-8-16(22)9-7-15)24-25-21(26)28-14(2)20(27)23-17-10-11-17/h3-9,12,14,17H,10-11H2,1-2H3,(H,23,27)/t14-/m0/s1. The molecule has 0 unspecified atom stereocenters. The Hall–Kier alpha value is -2.31. The molecule has 1 fully saturated rings. The summed E-state index contributed by atoms with van der Waals surface area (Å²) < 4.78 is 2.00. The van der Waals surface area contributed by atoms with Gasteiger partial charge in [0.2, 0.25) is 5.91 Å². The second-order valence-corrected chi connectivity index (χ2v) is 8.77. The molecule has 1 heterocycles. The molecule has 0 spiro atoms. The van der Waals surface area contributed by atoms with Crippen LogP contribution in [0.5, 0.6) is 0 Å². The van der Waals surface area contributed by atoms with Crippen molar-refractivity contribution in [1.29, 1.82) is 0 Å². The van der Waals surface area contributed by atoms with Crippen LogP contribution in [0.3, 0.4) is 0 Å². The molecule has 2 aromatic carbocycles. The largest absolute Gasteiger partial charge is 0.352 e. The minimum absolute atomic E-state index is 0.0411. The van der Waals surface area contributed by atoms with Crippen molar-refractivity contribution in [2.45, 2.75) is 43.1 Å². The summed E-state index contributed by atoms with van der Waals surface area (Å²) in [5.74, 6) is 0.763. The first kappa shape index (κ1) is 19.0. The lowest BCUT2D eigenvalue weighted by Crippen LogP contribution is -2.32. The van der Waals surface area contributed by atoms with E-state index in [9.17, 15) is 4.79 Å². The first-order chi connectivity index (χ1) is 13.5. The minimum atomic E-state index is -0.258. The Labute approximate surface area is 173 Å². The smallest absolute Gasteiger partial charge is 0.233 e. The van der Waals surface area contributed by atoms with Crippen molar-refractivity contribution in [3.63, 3.8) is 0 Å². The van der Waals surface area contributed by atoms with Crippen molar-refractivity contribution in [3.05, 3.63) is 59.1 Å². The molecule has 3 aromatic rings. The van der Waals surface area contributed by atoms with Crippen LogP contribution in [0.25, 0.3) is 17.1 Å². The number of benzene rings is 2. The number of amides is 1. The molecular formula is C21H21ClN4OS. The highest BCUT2D eigenvalue weighted by atomic mass is 35.5. The Bertz CT molecular complexity index is 998. The second kappa shape index (κ2) is 7.97. The summed E-state index contributed by atoms with van der Waals surface area (Å²) in [6.07, 6.45) is 2.15.